The van der Waals surface area contributed by atoms with Crippen molar-refractivity contribution in [1.82, 2.24) is 0 Å². The lowest BCUT2D eigenvalue weighted by Crippen LogP contribution is -2.11. The third-order valence-corrected chi connectivity index (χ3v) is 5.39. The average molecular weight is 417 g/mol. The first-order valence-electron chi connectivity index (χ1n) is 10.8. The fourth-order valence-electron chi connectivity index (χ4n) is 3.83. The third kappa shape index (κ3) is 4.81. The summed E-state index contributed by atoms with van der Waals surface area (Å²) in [6.07, 6.45) is 5.93. The molecule has 0 unspecified atom stereocenters. The zero-order valence-corrected chi connectivity index (χ0v) is 18.6. The highest BCUT2D eigenvalue weighted by Crippen LogP contribution is 2.38. The Kier molecular flexibility index (Phi) is 6.52. The molecule has 0 bridgehead atoms. The van der Waals surface area contributed by atoms with Crippen LogP contribution in [0.1, 0.15) is 16.7 Å². The molecule has 0 saturated carbocycles. The Morgan fingerprint density at radius 2 is 1.44 bits per heavy atom. The number of para-hydroxylation sites is 1. The van der Waals surface area contributed by atoms with Crippen LogP contribution in [0.25, 0.3) is 6.08 Å². The van der Waals surface area contributed by atoms with Gasteiger partial charge in [0.2, 0.25) is 0 Å². The molecule has 0 heterocycles. The van der Waals surface area contributed by atoms with Crippen LogP contribution in [0.15, 0.2) is 116 Å². The number of nitrogens with zero attached hydrogens (tertiary/aromatic N) is 1. The van der Waals surface area contributed by atoms with Gasteiger partial charge in [-0.05, 0) is 79.6 Å². The van der Waals surface area contributed by atoms with Gasteiger partial charge in [-0.2, -0.15) is 0 Å². The van der Waals surface area contributed by atoms with Crippen molar-refractivity contribution in [2.24, 2.45) is 0 Å². The first kappa shape index (κ1) is 21.2. The van der Waals surface area contributed by atoms with Crippen LogP contribution in [0.3, 0.4) is 0 Å². The summed E-state index contributed by atoms with van der Waals surface area (Å²) in [5.74, 6) is 0. The minimum atomic E-state index is 1.06. The van der Waals surface area contributed by atoms with Gasteiger partial charge < -0.3 is 10.2 Å². The lowest BCUT2D eigenvalue weighted by atomic mass is 10.0. The van der Waals surface area contributed by atoms with E-state index >= 15 is 0 Å². The average Bonchev–Trinajstić information content (AvgIpc) is 2.81. The molecule has 0 spiro atoms. The van der Waals surface area contributed by atoms with Crippen LogP contribution >= 0.6 is 0 Å². The second kappa shape index (κ2) is 9.84. The summed E-state index contributed by atoms with van der Waals surface area (Å²) in [6.45, 7) is 8.08. The first-order chi connectivity index (χ1) is 15.7. The van der Waals surface area contributed by atoms with Crippen LogP contribution in [0.4, 0.5) is 28.4 Å². The lowest BCUT2D eigenvalue weighted by Gasteiger charge is -2.28. The van der Waals surface area contributed by atoms with Gasteiger partial charge in [0.15, 0.2) is 0 Å². The van der Waals surface area contributed by atoms with Crippen LogP contribution in [-0.4, -0.2) is 0 Å². The number of rotatable bonds is 7. The molecule has 0 amide bonds. The zero-order valence-electron chi connectivity index (χ0n) is 18.6. The van der Waals surface area contributed by atoms with Crippen LogP contribution in [0.5, 0.6) is 0 Å². The SMILES string of the molecule is C=C/C=C\c1c(C)cccc1N(c1ccccc1)c1ccc(Nc2cccc(C)c2)cc1. The highest BCUT2D eigenvalue weighted by atomic mass is 15.1. The molecule has 0 aromatic heterocycles. The van der Waals surface area contributed by atoms with E-state index in [0.717, 1.165) is 28.4 Å². The predicted octanol–water partition coefficient (Wildman–Crippen LogP) is 8.72. The molecule has 4 aromatic carbocycles. The van der Waals surface area contributed by atoms with Crippen molar-refractivity contribution in [2.45, 2.75) is 13.8 Å². The van der Waals surface area contributed by atoms with Crippen LogP contribution in [0.2, 0.25) is 0 Å². The highest BCUT2D eigenvalue weighted by molar-refractivity contribution is 5.84. The van der Waals surface area contributed by atoms with Gasteiger partial charge in [0.25, 0.3) is 0 Å². The van der Waals surface area contributed by atoms with E-state index in [2.05, 4.69) is 128 Å². The minimum absolute atomic E-state index is 1.06. The summed E-state index contributed by atoms with van der Waals surface area (Å²) < 4.78 is 0. The van der Waals surface area contributed by atoms with Crippen molar-refractivity contribution >= 4 is 34.5 Å². The predicted molar refractivity (Wildman–Crippen MR) is 140 cm³/mol. The maximum atomic E-state index is 3.84. The van der Waals surface area contributed by atoms with Gasteiger partial charge >= 0.3 is 0 Å². The number of anilines is 5. The molecule has 32 heavy (non-hydrogen) atoms. The summed E-state index contributed by atoms with van der Waals surface area (Å²) in [5.41, 5.74) is 9.14. The molecule has 0 aliphatic rings. The normalized spacial score (nSPS) is 10.8. The van der Waals surface area contributed by atoms with E-state index in [-0.39, 0.29) is 0 Å². The van der Waals surface area contributed by atoms with Gasteiger partial charge in [0.05, 0.1) is 5.69 Å². The van der Waals surface area contributed by atoms with E-state index in [1.165, 1.54) is 16.7 Å². The smallest absolute Gasteiger partial charge is 0.0536 e. The van der Waals surface area contributed by atoms with Gasteiger partial charge in [0.1, 0.15) is 0 Å². The molecule has 2 nitrogen and oxygen atoms in total. The molecule has 0 atom stereocenters. The Bertz CT molecular complexity index is 1220. The van der Waals surface area contributed by atoms with Crippen molar-refractivity contribution in [3.8, 4) is 0 Å². The maximum absolute atomic E-state index is 3.84. The maximum Gasteiger partial charge on any atom is 0.0536 e. The topological polar surface area (TPSA) is 15.3 Å². The fraction of sp³-hybridized carbons (Fsp3) is 0.0667. The number of hydrogen-bond donors (Lipinski definition) is 1. The number of allylic oxidation sites excluding steroid dienone is 2. The van der Waals surface area contributed by atoms with Gasteiger partial charge in [-0.3, -0.25) is 0 Å². The number of benzene rings is 4. The molecule has 0 aliphatic heterocycles. The van der Waals surface area contributed by atoms with Gasteiger partial charge in [0, 0.05) is 28.3 Å². The molecule has 158 valence electrons. The van der Waals surface area contributed by atoms with Crippen molar-refractivity contribution in [3.05, 3.63) is 132 Å². The number of nitrogens with one attached hydrogen (secondary N) is 1. The monoisotopic (exact) mass is 416 g/mol. The Morgan fingerprint density at radius 3 is 2.16 bits per heavy atom. The first-order valence-corrected chi connectivity index (χ1v) is 10.8. The number of aryl methyl sites for hydroxylation is 2. The fourth-order valence-corrected chi connectivity index (χ4v) is 3.83. The summed E-state index contributed by atoms with van der Waals surface area (Å²) in [7, 11) is 0. The molecule has 1 N–H and O–H groups in total. The van der Waals surface area contributed by atoms with E-state index in [9.17, 15) is 0 Å². The molecule has 0 fully saturated rings. The Hall–Kier alpha value is -4.04. The Balaban J connectivity index is 1.75. The second-order valence-corrected chi connectivity index (χ2v) is 7.81. The third-order valence-electron chi connectivity index (χ3n) is 5.39. The van der Waals surface area contributed by atoms with E-state index in [1.54, 1.807) is 0 Å². The van der Waals surface area contributed by atoms with Crippen LogP contribution in [-0.2, 0) is 0 Å². The van der Waals surface area contributed by atoms with E-state index in [0.29, 0.717) is 0 Å². The van der Waals surface area contributed by atoms with Crippen molar-refractivity contribution in [2.75, 3.05) is 10.2 Å². The van der Waals surface area contributed by atoms with E-state index in [4.69, 9.17) is 0 Å². The standard InChI is InChI=1S/C30H28N2/c1-4-5-16-29-24(3)12-10-17-30(29)32(27-14-7-6-8-15-27)28-20-18-25(19-21-28)31-26-13-9-11-23(2)22-26/h4-22,31H,1H2,2-3H3/b16-5-. The van der Waals surface area contributed by atoms with Crippen molar-refractivity contribution in [3.63, 3.8) is 0 Å². The Labute approximate surface area is 191 Å². The van der Waals surface area contributed by atoms with E-state index < -0.39 is 0 Å². The molecule has 4 rings (SSSR count). The molecule has 4 aromatic rings. The summed E-state index contributed by atoms with van der Waals surface area (Å²) >= 11 is 0. The summed E-state index contributed by atoms with van der Waals surface area (Å²) in [4.78, 5) is 2.30. The summed E-state index contributed by atoms with van der Waals surface area (Å²) in [6, 6.07) is 33.9. The second-order valence-electron chi connectivity index (χ2n) is 7.81. The van der Waals surface area contributed by atoms with Crippen LogP contribution in [0, 0.1) is 13.8 Å². The molecular formula is C30H28N2. The largest absolute Gasteiger partial charge is 0.356 e. The lowest BCUT2D eigenvalue weighted by molar-refractivity contribution is 1.26. The zero-order chi connectivity index (χ0) is 22.3. The van der Waals surface area contributed by atoms with Crippen LogP contribution < -0.4 is 10.2 Å². The summed E-state index contributed by atoms with van der Waals surface area (Å²) in [5, 5.41) is 3.50. The molecular weight excluding hydrogens is 388 g/mol. The molecule has 2 heteroatoms. The quantitative estimate of drug-likeness (QED) is 0.303. The van der Waals surface area contributed by atoms with Crippen molar-refractivity contribution in [1.29, 1.82) is 0 Å². The van der Waals surface area contributed by atoms with Gasteiger partial charge in [-0.15, -0.1) is 0 Å². The van der Waals surface area contributed by atoms with Gasteiger partial charge in [-0.25, -0.2) is 0 Å². The van der Waals surface area contributed by atoms with Crippen molar-refractivity contribution < 1.29 is 0 Å². The highest BCUT2D eigenvalue weighted by Gasteiger charge is 2.16. The molecule has 0 aliphatic carbocycles. The Morgan fingerprint density at radius 1 is 0.719 bits per heavy atom. The molecule has 0 radical (unpaired) electrons. The number of hydrogen-bond acceptors (Lipinski definition) is 2. The van der Waals surface area contributed by atoms with Gasteiger partial charge in [-0.1, -0.05) is 67.3 Å². The minimum Gasteiger partial charge on any atom is -0.356 e. The molecule has 0 saturated heterocycles. The van der Waals surface area contributed by atoms with E-state index in [1.807, 2.05) is 18.2 Å².